The molecular weight excluding hydrogens is 400 g/mol. The van der Waals surface area contributed by atoms with E-state index in [0.29, 0.717) is 42.9 Å². The van der Waals surface area contributed by atoms with Gasteiger partial charge in [0.05, 0.1) is 17.4 Å². The number of hydrogen-bond donors (Lipinski definition) is 1. The summed E-state index contributed by atoms with van der Waals surface area (Å²) in [4.78, 5) is 17.0. The molecule has 1 aliphatic heterocycles. The van der Waals surface area contributed by atoms with Crippen LogP contribution in [0.3, 0.4) is 0 Å². The minimum Gasteiger partial charge on any atom is -0.370 e. The van der Waals surface area contributed by atoms with E-state index in [2.05, 4.69) is 15.7 Å². The zero-order valence-electron chi connectivity index (χ0n) is 17.0. The van der Waals surface area contributed by atoms with Gasteiger partial charge in [-0.05, 0) is 55.3 Å². The summed E-state index contributed by atoms with van der Waals surface area (Å²) < 4.78 is 26.6. The molecule has 0 unspecified atom stereocenters. The average molecular weight is 427 g/mol. The summed E-state index contributed by atoms with van der Waals surface area (Å²) in [5.41, 5.74) is 2.54. The molecule has 0 radical (unpaired) electrons. The summed E-state index contributed by atoms with van der Waals surface area (Å²) in [6, 6.07) is 16.2. The SMILES string of the molecule is CCCS(=O)(=O)Nc1cccc(C(=O)N2CCCN(c3ccc(C#N)cc3)CC2)c1. The van der Waals surface area contributed by atoms with E-state index in [9.17, 15) is 13.2 Å². The molecule has 2 aromatic rings. The number of benzene rings is 2. The lowest BCUT2D eigenvalue weighted by Gasteiger charge is -2.24. The average Bonchev–Trinajstić information content (AvgIpc) is 2.99. The normalized spacial score (nSPS) is 14.7. The van der Waals surface area contributed by atoms with Crippen LogP contribution in [-0.2, 0) is 10.0 Å². The van der Waals surface area contributed by atoms with Gasteiger partial charge in [0, 0.05) is 43.1 Å². The third-order valence-corrected chi connectivity index (χ3v) is 6.49. The highest BCUT2D eigenvalue weighted by atomic mass is 32.2. The molecule has 2 aromatic carbocycles. The largest absolute Gasteiger partial charge is 0.370 e. The number of hydrogen-bond acceptors (Lipinski definition) is 5. The Hall–Kier alpha value is -3.05. The molecule has 1 aliphatic rings. The molecular formula is C22H26N4O3S. The Balaban J connectivity index is 1.67. The number of nitrogens with zero attached hydrogens (tertiary/aromatic N) is 3. The summed E-state index contributed by atoms with van der Waals surface area (Å²) in [6.07, 6.45) is 1.35. The van der Waals surface area contributed by atoms with Crippen LogP contribution < -0.4 is 9.62 Å². The van der Waals surface area contributed by atoms with Crippen molar-refractivity contribution in [3.8, 4) is 6.07 Å². The van der Waals surface area contributed by atoms with Crippen LogP contribution in [0.25, 0.3) is 0 Å². The summed E-state index contributed by atoms with van der Waals surface area (Å²) in [5, 5.41) is 8.95. The molecule has 158 valence electrons. The minimum atomic E-state index is -3.40. The molecule has 1 saturated heterocycles. The predicted octanol–water partition coefficient (Wildman–Crippen LogP) is 3.06. The third kappa shape index (κ3) is 5.51. The van der Waals surface area contributed by atoms with Crippen molar-refractivity contribution in [1.82, 2.24) is 4.90 Å². The van der Waals surface area contributed by atoms with Gasteiger partial charge >= 0.3 is 0 Å². The topological polar surface area (TPSA) is 93.5 Å². The predicted molar refractivity (Wildman–Crippen MR) is 118 cm³/mol. The Morgan fingerprint density at radius 2 is 1.87 bits per heavy atom. The van der Waals surface area contributed by atoms with Crippen molar-refractivity contribution in [2.24, 2.45) is 0 Å². The first-order chi connectivity index (χ1) is 14.4. The quantitative estimate of drug-likeness (QED) is 0.766. The van der Waals surface area contributed by atoms with Gasteiger partial charge < -0.3 is 9.80 Å². The van der Waals surface area contributed by atoms with Gasteiger partial charge in [-0.1, -0.05) is 13.0 Å². The monoisotopic (exact) mass is 426 g/mol. The van der Waals surface area contributed by atoms with E-state index in [-0.39, 0.29) is 11.7 Å². The first kappa shape index (κ1) is 21.7. The summed E-state index contributed by atoms with van der Waals surface area (Å²) in [5.74, 6) is -0.0594. The number of anilines is 2. The van der Waals surface area contributed by atoms with Crippen molar-refractivity contribution in [3.63, 3.8) is 0 Å². The second-order valence-electron chi connectivity index (χ2n) is 7.29. The maximum absolute atomic E-state index is 13.0. The van der Waals surface area contributed by atoms with Gasteiger partial charge in [-0.25, -0.2) is 8.42 Å². The molecule has 1 N–H and O–H groups in total. The summed E-state index contributed by atoms with van der Waals surface area (Å²) >= 11 is 0. The fraction of sp³-hybridized carbons (Fsp3) is 0.364. The Morgan fingerprint density at radius 1 is 1.10 bits per heavy atom. The van der Waals surface area contributed by atoms with Gasteiger partial charge in [-0.2, -0.15) is 5.26 Å². The number of nitriles is 1. The first-order valence-corrected chi connectivity index (χ1v) is 11.7. The van der Waals surface area contributed by atoms with E-state index in [4.69, 9.17) is 5.26 Å². The maximum Gasteiger partial charge on any atom is 0.253 e. The van der Waals surface area contributed by atoms with Crippen LogP contribution in [0.5, 0.6) is 0 Å². The van der Waals surface area contributed by atoms with E-state index >= 15 is 0 Å². The highest BCUT2D eigenvalue weighted by molar-refractivity contribution is 7.92. The van der Waals surface area contributed by atoms with Crippen LogP contribution in [0.1, 0.15) is 35.7 Å². The number of amides is 1. The van der Waals surface area contributed by atoms with Crippen molar-refractivity contribution in [2.75, 3.05) is 41.6 Å². The maximum atomic E-state index is 13.0. The van der Waals surface area contributed by atoms with Crippen LogP contribution in [0, 0.1) is 11.3 Å². The Morgan fingerprint density at radius 3 is 2.57 bits per heavy atom. The van der Waals surface area contributed by atoms with Gasteiger partial charge in [-0.15, -0.1) is 0 Å². The van der Waals surface area contributed by atoms with Crippen molar-refractivity contribution < 1.29 is 13.2 Å². The Labute approximate surface area is 178 Å². The van der Waals surface area contributed by atoms with Crippen molar-refractivity contribution in [1.29, 1.82) is 5.26 Å². The zero-order chi connectivity index (χ0) is 21.6. The van der Waals surface area contributed by atoms with E-state index in [1.165, 1.54) is 0 Å². The molecule has 0 atom stereocenters. The molecule has 0 bridgehead atoms. The third-order valence-electron chi connectivity index (χ3n) is 5.00. The van der Waals surface area contributed by atoms with Crippen molar-refractivity contribution in [2.45, 2.75) is 19.8 Å². The zero-order valence-corrected chi connectivity index (χ0v) is 17.9. The molecule has 3 rings (SSSR count). The Bertz CT molecular complexity index is 1030. The van der Waals surface area contributed by atoms with E-state index in [0.717, 1.165) is 18.7 Å². The van der Waals surface area contributed by atoms with Gasteiger partial charge in [0.1, 0.15) is 0 Å². The molecule has 0 spiro atoms. The molecule has 30 heavy (non-hydrogen) atoms. The first-order valence-electron chi connectivity index (χ1n) is 10.1. The van der Waals surface area contributed by atoms with Gasteiger partial charge in [0.15, 0.2) is 0 Å². The minimum absolute atomic E-state index is 0.0441. The number of carbonyl (C=O) groups is 1. The fourth-order valence-electron chi connectivity index (χ4n) is 3.52. The lowest BCUT2D eigenvalue weighted by Crippen LogP contribution is -2.35. The van der Waals surface area contributed by atoms with Crippen molar-refractivity contribution >= 4 is 27.3 Å². The number of carbonyl (C=O) groups excluding carboxylic acids is 1. The summed E-state index contributed by atoms with van der Waals surface area (Å²) in [7, 11) is -3.40. The van der Waals surface area contributed by atoms with Crippen LogP contribution in [0.2, 0.25) is 0 Å². The van der Waals surface area contributed by atoms with Gasteiger partial charge in [0.25, 0.3) is 5.91 Å². The molecule has 7 nitrogen and oxygen atoms in total. The van der Waals surface area contributed by atoms with E-state index in [1.807, 2.05) is 17.0 Å². The molecule has 0 aromatic heterocycles. The Kier molecular flexibility index (Phi) is 6.95. The lowest BCUT2D eigenvalue weighted by atomic mass is 10.1. The fourth-order valence-corrected chi connectivity index (χ4v) is 4.65. The van der Waals surface area contributed by atoms with Crippen LogP contribution in [0.15, 0.2) is 48.5 Å². The highest BCUT2D eigenvalue weighted by Gasteiger charge is 2.21. The van der Waals surface area contributed by atoms with Gasteiger partial charge in [-0.3, -0.25) is 9.52 Å². The molecule has 1 fully saturated rings. The van der Waals surface area contributed by atoms with Gasteiger partial charge in [0.2, 0.25) is 10.0 Å². The van der Waals surface area contributed by atoms with Crippen LogP contribution in [-0.4, -0.2) is 51.2 Å². The number of nitrogens with one attached hydrogen (secondary N) is 1. The molecule has 1 heterocycles. The highest BCUT2D eigenvalue weighted by Crippen LogP contribution is 2.19. The summed E-state index contributed by atoms with van der Waals surface area (Å²) in [6.45, 7) is 4.54. The van der Waals surface area contributed by atoms with Crippen LogP contribution in [0.4, 0.5) is 11.4 Å². The molecule has 1 amide bonds. The van der Waals surface area contributed by atoms with Crippen molar-refractivity contribution in [3.05, 3.63) is 59.7 Å². The number of rotatable bonds is 6. The molecule has 8 heteroatoms. The second-order valence-corrected chi connectivity index (χ2v) is 9.14. The lowest BCUT2D eigenvalue weighted by molar-refractivity contribution is 0.0767. The number of sulfonamides is 1. The second kappa shape index (κ2) is 9.63. The van der Waals surface area contributed by atoms with E-state index in [1.54, 1.807) is 43.3 Å². The smallest absolute Gasteiger partial charge is 0.253 e. The van der Waals surface area contributed by atoms with Crippen LogP contribution >= 0.6 is 0 Å². The van der Waals surface area contributed by atoms with E-state index < -0.39 is 10.0 Å². The molecule has 0 aliphatic carbocycles. The standard InChI is InChI=1S/C22H26N4O3S/c1-2-15-30(28,29)24-20-6-3-5-19(16-20)22(27)26-12-4-11-25(13-14-26)21-9-7-18(17-23)8-10-21/h3,5-10,16,24H,2,4,11-15H2,1H3. The molecule has 0 saturated carbocycles.